The number of aromatic nitrogens is 4. The van der Waals surface area contributed by atoms with Crippen molar-refractivity contribution in [3.05, 3.63) is 52.8 Å². The van der Waals surface area contributed by atoms with Crippen LogP contribution in [0.4, 0.5) is 24.8 Å². The monoisotopic (exact) mass is 409 g/mol. The number of anilines is 2. The highest BCUT2D eigenvalue weighted by molar-refractivity contribution is 7.90. The molecule has 1 aliphatic rings. The molecule has 0 radical (unpaired) electrons. The van der Waals surface area contributed by atoms with Crippen molar-refractivity contribution in [2.24, 2.45) is 0 Å². The maximum Gasteiger partial charge on any atom is 0.417 e. The highest BCUT2D eigenvalue weighted by Gasteiger charge is 2.36. The van der Waals surface area contributed by atoms with Gasteiger partial charge in [0.25, 0.3) is 0 Å². The third kappa shape index (κ3) is 3.44. The number of benzene rings is 1. The summed E-state index contributed by atoms with van der Waals surface area (Å²) in [5.74, 6) is -0.323. The maximum absolute atomic E-state index is 13.4. The van der Waals surface area contributed by atoms with Gasteiger partial charge in [0.15, 0.2) is 21.5 Å². The number of nitrogens with zero attached hydrogens (tertiary/aromatic N) is 3. The van der Waals surface area contributed by atoms with E-state index in [1.165, 1.54) is 18.2 Å². The molecule has 0 fully saturated rings. The normalized spacial score (nSPS) is 15.4. The Bertz CT molecular complexity index is 1170. The summed E-state index contributed by atoms with van der Waals surface area (Å²) in [6, 6.07) is 6.59. The van der Waals surface area contributed by atoms with Crippen LogP contribution in [-0.4, -0.2) is 28.6 Å². The molecule has 0 saturated carbocycles. The van der Waals surface area contributed by atoms with Gasteiger partial charge in [-0.15, -0.1) is 0 Å². The van der Waals surface area contributed by atoms with Gasteiger partial charge in [0, 0.05) is 22.9 Å². The molecule has 7 nitrogen and oxygen atoms in total. The Morgan fingerprint density at radius 1 is 1.14 bits per heavy atom. The second kappa shape index (κ2) is 6.30. The van der Waals surface area contributed by atoms with Crippen LogP contribution < -0.4 is 5.32 Å². The number of nitrogens with one attached hydrogen (secondary N) is 2. The highest BCUT2D eigenvalue weighted by Crippen LogP contribution is 2.38. The second-order valence-electron chi connectivity index (χ2n) is 6.46. The van der Waals surface area contributed by atoms with E-state index in [1.807, 2.05) is 0 Å². The maximum atomic E-state index is 13.4. The summed E-state index contributed by atoms with van der Waals surface area (Å²) in [4.78, 5) is 8.36. The summed E-state index contributed by atoms with van der Waals surface area (Å²) < 4.78 is 64.3. The molecule has 0 atom stereocenters. The lowest BCUT2D eigenvalue weighted by atomic mass is 10.1. The van der Waals surface area contributed by atoms with Gasteiger partial charge in [0.2, 0.25) is 0 Å². The number of rotatable bonds is 3. The van der Waals surface area contributed by atoms with Gasteiger partial charge in [-0.25, -0.2) is 18.4 Å². The van der Waals surface area contributed by atoms with Gasteiger partial charge in [0.1, 0.15) is 5.82 Å². The smallest absolute Gasteiger partial charge is 0.323 e. The van der Waals surface area contributed by atoms with Crippen molar-refractivity contribution in [3.63, 3.8) is 0 Å². The number of sulfone groups is 1. The summed E-state index contributed by atoms with van der Waals surface area (Å²) in [6.45, 7) is 1.78. The number of hydrogen-bond acceptors (Lipinski definition) is 6. The van der Waals surface area contributed by atoms with Crippen LogP contribution in [0, 0.1) is 6.92 Å². The van der Waals surface area contributed by atoms with Crippen LogP contribution in [0.3, 0.4) is 0 Å². The van der Waals surface area contributed by atoms with Crippen LogP contribution in [0.15, 0.2) is 30.3 Å². The van der Waals surface area contributed by atoms with Crippen molar-refractivity contribution in [2.75, 3.05) is 5.32 Å². The molecule has 146 valence electrons. The fourth-order valence-corrected chi connectivity index (χ4v) is 4.53. The van der Waals surface area contributed by atoms with E-state index in [9.17, 15) is 21.6 Å². The Morgan fingerprint density at radius 3 is 2.57 bits per heavy atom. The van der Waals surface area contributed by atoms with E-state index in [0.29, 0.717) is 11.4 Å². The van der Waals surface area contributed by atoms with E-state index in [-0.39, 0.29) is 34.4 Å². The first-order chi connectivity index (χ1) is 13.1. The standard InChI is InChI=1S/C17H14F3N5O2S/c1-9-6-14(25-24-9)22-16-11-7-28(26,27)8-13(11)21-15(23-16)10-4-2-3-5-12(10)17(18,19)20/h2-6H,7-8H2,1H3,(H2,21,22,23,24,25). The molecule has 0 bridgehead atoms. The molecule has 3 aromatic rings. The van der Waals surface area contributed by atoms with E-state index in [4.69, 9.17) is 0 Å². The van der Waals surface area contributed by atoms with Crippen LogP contribution >= 0.6 is 0 Å². The summed E-state index contributed by atoms with van der Waals surface area (Å²) in [5.41, 5.74) is 0.176. The predicted molar refractivity (Wildman–Crippen MR) is 95.4 cm³/mol. The summed E-state index contributed by atoms with van der Waals surface area (Å²) >= 11 is 0. The fraction of sp³-hybridized carbons (Fsp3) is 0.235. The van der Waals surface area contributed by atoms with Crippen molar-refractivity contribution >= 4 is 21.5 Å². The Kier molecular flexibility index (Phi) is 4.14. The molecular weight excluding hydrogens is 395 g/mol. The van der Waals surface area contributed by atoms with Crippen LogP contribution in [0.5, 0.6) is 0 Å². The molecule has 2 aromatic heterocycles. The summed E-state index contributed by atoms with van der Waals surface area (Å²) in [6.07, 6.45) is -4.60. The molecule has 0 unspecified atom stereocenters. The second-order valence-corrected chi connectivity index (χ2v) is 8.52. The van der Waals surface area contributed by atoms with Gasteiger partial charge in [0.05, 0.1) is 22.8 Å². The number of hydrogen-bond donors (Lipinski definition) is 2. The zero-order valence-electron chi connectivity index (χ0n) is 14.5. The van der Waals surface area contributed by atoms with Crippen LogP contribution in [0.1, 0.15) is 22.5 Å². The van der Waals surface area contributed by atoms with Crippen molar-refractivity contribution < 1.29 is 21.6 Å². The predicted octanol–water partition coefficient (Wildman–Crippen LogP) is 3.37. The zero-order valence-corrected chi connectivity index (χ0v) is 15.3. The minimum Gasteiger partial charge on any atom is -0.323 e. The van der Waals surface area contributed by atoms with Crippen LogP contribution in [-0.2, 0) is 27.5 Å². The van der Waals surface area contributed by atoms with Crippen molar-refractivity contribution in [3.8, 4) is 11.4 Å². The van der Waals surface area contributed by atoms with Gasteiger partial charge in [-0.05, 0) is 13.0 Å². The van der Waals surface area contributed by atoms with Crippen molar-refractivity contribution in [1.82, 2.24) is 20.2 Å². The van der Waals surface area contributed by atoms with E-state index >= 15 is 0 Å². The quantitative estimate of drug-likeness (QED) is 0.688. The SMILES string of the molecule is Cc1cc(Nc2nc(-c3ccccc3C(F)(F)F)nc3c2CS(=O)(=O)C3)n[nH]1. The Labute approximate surface area is 158 Å². The van der Waals surface area contributed by atoms with Crippen LogP contribution in [0.2, 0.25) is 0 Å². The van der Waals surface area contributed by atoms with E-state index in [2.05, 4.69) is 25.5 Å². The number of halogens is 3. The molecule has 0 saturated heterocycles. The van der Waals surface area contributed by atoms with E-state index in [1.54, 1.807) is 13.0 Å². The third-order valence-corrected chi connectivity index (χ3v) is 5.68. The summed E-state index contributed by atoms with van der Waals surface area (Å²) in [5, 5.41) is 9.62. The molecule has 0 aliphatic carbocycles. The Hall–Kier alpha value is -2.95. The summed E-state index contributed by atoms with van der Waals surface area (Å²) in [7, 11) is -3.45. The van der Waals surface area contributed by atoms with Gasteiger partial charge < -0.3 is 5.32 Å². The molecule has 3 heterocycles. The Balaban J connectivity index is 1.88. The first-order valence-electron chi connectivity index (χ1n) is 8.18. The third-order valence-electron chi connectivity index (χ3n) is 4.24. The molecule has 28 heavy (non-hydrogen) atoms. The fourth-order valence-electron chi connectivity index (χ4n) is 3.03. The minimum absolute atomic E-state index is 0.129. The average molecular weight is 409 g/mol. The van der Waals surface area contributed by atoms with E-state index in [0.717, 1.165) is 11.8 Å². The number of fused-ring (bicyclic) bond motifs is 1. The molecule has 2 N–H and O–H groups in total. The van der Waals surface area contributed by atoms with Crippen LogP contribution in [0.25, 0.3) is 11.4 Å². The van der Waals surface area contributed by atoms with Gasteiger partial charge >= 0.3 is 6.18 Å². The van der Waals surface area contributed by atoms with Crippen molar-refractivity contribution in [1.29, 1.82) is 0 Å². The number of H-pyrrole nitrogens is 1. The largest absolute Gasteiger partial charge is 0.417 e. The molecule has 0 amide bonds. The first kappa shape index (κ1) is 18.4. The molecular formula is C17H14F3N5O2S. The zero-order chi connectivity index (χ0) is 20.1. The Morgan fingerprint density at radius 2 is 1.89 bits per heavy atom. The lowest BCUT2D eigenvalue weighted by Gasteiger charge is -2.14. The minimum atomic E-state index is -4.60. The van der Waals surface area contributed by atoms with Gasteiger partial charge in [-0.3, -0.25) is 5.10 Å². The molecule has 4 rings (SSSR count). The average Bonchev–Trinajstić information content (AvgIpc) is 3.15. The topological polar surface area (TPSA) is 101 Å². The number of aryl methyl sites for hydroxylation is 1. The van der Waals surface area contributed by atoms with Crippen molar-refractivity contribution in [2.45, 2.75) is 24.6 Å². The van der Waals surface area contributed by atoms with E-state index < -0.39 is 21.6 Å². The number of aromatic amines is 1. The van der Waals surface area contributed by atoms with Gasteiger partial charge in [-0.1, -0.05) is 18.2 Å². The lowest BCUT2D eigenvalue weighted by molar-refractivity contribution is -0.137. The lowest BCUT2D eigenvalue weighted by Crippen LogP contribution is -2.10. The molecule has 0 spiro atoms. The first-order valence-corrected chi connectivity index (χ1v) is 10.0. The molecule has 1 aliphatic heterocycles. The highest BCUT2D eigenvalue weighted by atomic mass is 32.2. The molecule has 11 heteroatoms. The molecule has 1 aromatic carbocycles. The van der Waals surface area contributed by atoms with Gasteiger partial charge in [-0.2, -0.15) is 18.3 Å². The number of alkyl halides is 3.